The Morgan fingerprint density at radius 1 is 1.37 bits per heavy atom. The van der Waals surface area contributed by atoms with Crippen molar-refractivity contribution in [1.82, 2.24) is 5.32 Å². The Balaban J connectivity index is 1.51. The van der Waals surface area contributed by atoms with Gasteiger partial charge in [-0.3, -0.25) is 0 Å². The maximum absolute atomic E-state index is 11.8. The van der Waals surface area contributed by atoms with Crippen LogP contribution in [0.1, 0.15) is 18.4 Å². The summed E-state index contributed by atoms with van der Waals surface area (Å²) in [5.74, 6) is 0.922. The van der Waals surface area contributed by atoms with Gasteiger partial charge in [-0.15, -0.1) is 0 Å². The summed E-state index contributed by atoms with van der Waals surface area (Å²) in [4.78, 5) is 11.8. The van der Waals surface area contributed by atoms with Crippen molar-refractivity contribution in [2.45, 2.75) is 25.4 Å². The standard InChI is InChI=1S/C14H18N2O3/c17-14(15-9-12-2-1-6-18-12)16-11-3-4-13-10(8-11)5-7-19-13/h3-4,8,12H,1-2,5-7,9H2,(H2,15,16,17)/t12-/m1/s1. The Morgan fingerprint density at radius 3 is 3.16 bits per heavy atom. The van der Waals surface area contributed by atoms with Crippen LogP contribution >= 0.6 is 0 Å². The Labute approximate surface area is 112 Å². The first-order chi connectivity index (χ1) is 9.31. The highest BCUT2D eigenvalue weighted by atomic mass is 16.5. The van der Waals surface area contributed by atoms with Crippen LogP contribution in [0.25, 0.3) is 0 Å². The zero-order valence-corrected chi connectivity index (χ0v) is 10.8. The number of hydrogen-bond acceptors (Lipinski definition) is 3. The molecule has 1 aromatic carbocycles. The van der Waals surface area contributed by atoms with Gasteiger partial charge in [-0.05, 0) is 36.6 Å². The van der Waals surface area contributed by atoms with Gasteiger partial charge in [0.05, 0.1) is 12.7 Å². The van der Waals surface area contributed by atoms with Gasteiger partial charge in [-0.1, -0.05) is 0 Å². The zero-order chi connectivity index (χ0) is 13.1. The maximum Gasteiger partial charge on any atom is 0.319 e. The molecule has 2 heterocycles. The van der Waals surface area contributed by atoms with Gasteiger partial charge in [0, 0.05) is 25.3 Å². The maximum atomic E-state index is 11.8. The van der Waals surface area contributed by atoms with Crippen molar-refractivity contribution in [2.24, 2.45) is 0 Å². The largest absolute Gasteiger partial charge is 0.493 e. The summed E-state index contributed by atoms with van der Waals surface area (Å²) in [6, 6.07) is 5.54. The van der Waals surface area contributed by atoms with Crippen molar-refractivity contribution in [3.63, 3.8) is 0 Å². The first-order valence-electron chi connectivity index (χ1n) is 6.73. The van der Waals surface area contributed by atoms with E-state index in [9.17, 15) is 4.79 Å². The van der Waals surface area contributed by atoms with Gasteiger partial charge in [0.1, 0.15) is 5.75 Å². The van der Waals surface area contributed by atoms with Crippen LogP contribution in [0.15, 0.2) is 18.2 Å². The number of nitrogens with one attached hydrogen (secondary N) is 2. The number of amides is 2. The van der Waals surface area contributed by atoms with Crippen LogP contribution in [-0.4, -0.2) is 31.9 Å². The van der Waals surface area contributed by atoms with Gasteiger partial charge in [0.25, 0.3) is 0 Å². The molecule has 5 nitrogen and oxygen atoms in total. The minimum Gasteiger partial charge on any atom is -0.493 e. The molecule has 3 rings (SSSR count). The lowest BCUT2D eigenvalue weighted by Gasteiger charge is -2.12. The quantitative estimate of drug-likeness (QED) is 0.875. The predicted molar refractivity (Wildman–Crippen MR) is 71.6 cm³/mol. The fourth-order valence-corrected chi connectivity index (χ4v) is 2.45. The van der Waals surface area contributed by atoms with Gasteiger partial charge in [0.15, 0.2) is 0 Å². The third-order valence-corrected chi connectivity index (χ3v) is 3.46. The molecule has 2 N–H and O–H groups in total. The van der Waals surface area contributed by atoms with E-state index in [2.05, 4.69) is 10.6 Å². The van der Waals surface area contributed by atoms with Gasteiger partial charge in [0.2, 0.25) is 0 Å². The van der Waals surface area contributed by atoms with Crippen LogP contribution in [0.4, 0.5) is 10.5 Å². The van der Waals surface area contributed by atoms with E-state index < -0.39 is 0 Å². The van der Waals surface area contributed by atoms with E-state index in [0.29, 0.717) is 6.54 Å². The summed E-state index contributed by atoms with van der Waals surface area (Å²) >= 11 is 0. The molecule has 0 unspecified atom stereocenters. The summed E-state index contributed by atoms with van der Waals surface area (Å²) in [5, 5.41) is 5.67. The Bertz CT molecular complexity index is 470. The summed E-state index contributed by atoms with van der Waals surface area (Å²) in [6.07, 6.45) is 3.18. The molecular formula is C14H18N2O3. The van der Waals surface area contributed by atoms with Crippen LogP contribution in [0, 0.1) is 0 Å². The fraction of sp³-hybridized carbons (Fsp3) is 0.500. The molecule has 1 saturated heterocycles. The van der Waals surface area contributed by atoms with E-state index >= 15 is 0 Å². The normalized spacial score (nSPS) is 20.7. The second kappa shape index (κ2) is 5.48. The molecule has 1 fully saturated rings. The molecule has 5 heteroatoms. The zero-order valence-electron chi connectivity index (χ0n) is 10.8. The molecule has 2 aliphatic heterocycles. The predicted octanol–water partition coefficient (Wildman–Crippen LogP) is 1.92. The number of carbonyl (C=O) groups is 1. The summed E-state index contributed by atoms with van der Waals surface area (Å²) in [7, 11) is 0. The molecule has 0 aromatic heterocycles. The van der Waals surface area contributed by atoms with Gasteiger partial charge in [-0.2, -0.15) is 0 Å². The Hall–Kier alpha value is -1.75. The van der Waals surface area contributed by atoms with Crippen LogP contribution < -0.4 is 15.4 Å². The molecule has 2 aliphatic rings. The molecule has 0 aliphatic carbocycles. The molecule has 0 spiro atoms. The molecule has 102 valence electrons. The van der Waals surface area contributed by atoms with E-state index in [1.165, 1.54) is 0 Å². The van der Waals surface area contributed by atoms with E-state index in [1.54, 1.807) is 0 Å². The SMILES string of the molecule is O=C(NC[C@H]1CCCO1)Nc1ccc2c(c1)CCO2. The number of ether oxygens (including phenoxy) is 2. The van der Waals surface area contributed by atoms with Crippen molar-refractivity contribution in [1.29, 1.82) is 0 Å². The van der Waals surface area contributed by atoms with Crippen LogP contribution in [0.5, 0.6) is 5.75 Å². The minimum absolute atomic E-state index is 0.166. The number of anilines is 1. The van der Waals surface area contributed by atoms with Gasteiger partial charge in [-0.25, -0.2) is 4.79 Å². The summed E-state index contributed by atoms with van der Waals surface area (Å²) in [6.45, 7) is 2.10. The average molecular weight is 262 g/mol. The molecule has 2 amide bonds. The number of urea groups is 1. The van der Waals surface area contributed by atoms with Crippen molar-refractivity contribution < 1.29 is 14.3 Å². The highest BCUT2D eigenvalue weighted by Gasteiger charge is 2.16. The topological polar surface area (TPSA) is 59.6 Å². The molecule has 0 radical (unpaired) electrons. The van der Waals surface area contributed by atoms with Crippen LogP contribution in [0.3, 0.4) is 0 Å². The lowest BCUT2D eigenvalue weighted by Crippen LogP contribution is -2.35. The minimum atomic E-state index is -0.186. The van der Waals surface area contributed by atoms with E-state index in [0.717, 1.165) is 49.5 Å². The summed E-state index contributed by atoms with van der Waals surface area (Å²) in [5.41, 5.74) is 1.95. The highest BCUT2D eigenvalue weighted by molar-refractivity contribution is 5.89. The molecular weight excluding hydrogens is 244 g/mol. The van der Waals surface area contributed by atoms with E-state index in [1.807, 2.05) is 18.2 Å². The Morgan fingerprint density at radius 2 is 2.32 bits per heavy atom. The molecule has 19 heavy (non-hydrogen) atoms. The molecule has 0 bridgehead atoms. The highest BCUT2D eigenvalue weighted by Crippen LogP contribution is 2.27. The second-order valence-corrected chi connectivity index (χ2v) is 4.89. The number of rotatable bonds is 3. The van der Waals surface area contributed by atoms with E-state index in [4.69, 9.17) is 9.47 Å². The Kier molecular flexibility index (Phi) is 3.55. The van der Waals surface area contributed by atoms with Gasteiger partial charge >= 0.3 is 6.03 Å². The van der Waals surface area contributed by atoms with Crippen molar-refractivity contribution in [3.05, 3.63) is 23.8 Å². The number of hydrogen-bond donors (Lipinski definition) is 2. The number of carbonyl (C=O) groups excluding carboxylic acids is 1. The van der Waals surface area contributed by atoms with Crippen molar-refractivity contribution in [2.75, 3.05) is 25.1 Å². The van der Waals surface area contributed by atoms with Crippen LogP contribution in [0.2, 0.25) is 0 Å². The third kappa shape index (κ3) is 2.98. The summed E-state index contributed by atoms with van der Waals surface area (Å²) < 4.78 is 10.9. The van der Waals surface area contributed by atoms with E-state index in [-0.39, 0.29) is 12.1 Å². The van der Waals surface area contributed by atoms with Crippen molar-refractivity contribution >= 4 is 11.7 Å². The number of benzene rings is 1. The molecule has 1 atom stereocenters. The third-order valence-electron chi connectivity index (χ3n) is 3.46. The second-order valence-electron chi connectivity index (χ2n) is 4.89. The smallest absolute Gasteiger partial charge is 0.319 e. The molecule has 1 aromatic rings. The van der Waals surface area contributed by atoms with Crippen molar-refractivity contribution in [3.8, 4) is 5.75 Å². The van der Waals surface area contributed by atoms with Gasteiger partial charge < -0.3 is 20.1 Å². The monoisotopic (exact) mass is 262 g/mol. The lowest BCUT2D eigenvalue weighted by molar-refractivity contribution is 0.112. The average Bonchev–Trinajstić information content (AvgIpc) is 3.07. The first-order valence-corrected chi connectivity index (χ1v) is 6.73. The van der Waals surface area contributed by atoms with Crippen LogP contribution in [-0.2, 0) is 11.2 Å². The first kappa shape index (κ1) is 12.3. The lowest BCUT2D eigenvalue weighted by atomic mass is 10.1. The molecule has 0 saturated carbocycles. The number of fused-ring (bicyclic) bond motifs is 1. The fourth-order valence-electron chi connectivity index (χ4n) is 2.45.